The van der Waals surface area contributed by atoms with Crippen LogP contribution in [0.5, 0.6) is 0 Å². The van der Waals surface area contributed by atoms with Crippen LogP contribution in [-0.2, 0) is 10.0 Å². The summed E-state index contributed by atoms with van der Waals surface area (Å²) in [7, 11) is -3.87. The predicted octanol–water partition coefficient (Wildman–Crippen LogP) is 2.64. The largest absolute Gasteiger partial charge is 0.398 e. The molecule has 0 aliphatic heterocycles. The summed E-state index contributed by atoms with van der Waals surface area (Å²) in [5.41, 5.74) is 5.86. The molecule has 0 atom stereocenters. The van der Waals surface area contributed by atoms with Crippen LogP contribution in [0.1, 0.15) is 25.7 Å². The van der Waals surface area contributed by atoms with Crippen molar-refractivity contribution < 1.29 is 12.8 Å². The third-order valence-corrected chi connectivity index (χ3v) is 6.05. The fraction of sp³-hybridized carbons (Fsp3) is 0.538. The fourth-order valence-corrected chi connectivity index (χ4v) is 4.26. The molecule has 1 aromatic rings. The number of hydrogen-bond acceptors (Lipinski definition) is 3. The molecule has 1 aromatic carbocycles. The van der Waals surface area contributed by atoms with Gasteiger partial charge in [0.05, 0.1) is 0 Å². The Hall–Kier alpha value is -0.660. The quantitative estimate of drug-likeness (QED) is 0.790. The maximum absolute atomic E-state index is 13.9. The van der Waals surface area contributed by atoms with Crippen molar-refractivity contribution in [3.63, 3.8) is 0 Å². The summed E-state index contributed by atoms with van der Waals surface area (Å²) < 4.78 is 41.7. The maximum Gasteiger partial charge on any atom is 0.243 e. The SMILES string of the molecule is Nc1cc(S(=O)(=O)NC(C2CC2)C2CC2)c(F)cc1Br. The third-order valence-electron chi connectivity index (χ3n) is 3.89. The number of sulfonamides is 1. The summed E-state index contributed by atoms with van der Waals surface area (Å²) in [6.45, 7) is 0. The second kappa shape index (κ2) is 4.96. The van der Waals surface area contributed by atoms with E-state index in [0.717, 1.165) is 31.7 Å². The van der Waals surface area contributed by atoms with E-state index in [1.807, 2.05) is 0 Å². The lowest BCUT2D eigenvalue weighted by molar-refractivity contribution is 0.468. The van der Waals surface area contributed by atoms with Gasteiger partial charge >= 0.3 is 0 Å². The van der Waals surface area contributed by atoms with Gasteiger partial charge in [-0.2, -0.15) is 0 Å². The molecule has 0 amide bonds. The van der Waals surface area contributed by atoms with Crippen LogP contribution >= 0.6 is 15.9 Å². The van der Waals surface area contributed by atoms with E-state index in [2.05, 4.69) is 20.7 Å². The molecule has 7 heteroatoms. The zero-order valence-corrected chi connectivity index (χ0v) is 13.2. The lowest BCUT2D eigenvalue weighted by Gasteiger charge is -2.18. The van der Waals surface area contributed by atoms with Crippen LogP contribution in [0.25, 0.3) is 0 Å². The van der Waals surface area contributed by atoms with Crippen LogP contribution in [0.15, 0.2) is 21.5 Å². The van der Waals surface area contributed by atoms with Gasteiger partial charge in [-0.05, 0) is 65.6 Å². The number of benzene rings is 1. The molecule has 3 rings (SSSR count). The minimum Gasteiger partial charge on any atom is -0.398 e. The average molecular weight is 363 g/mol. The van der Waals surface area contributed by atoms with E-state index < -0.39 is 15.8 Å². The lowest BCUT2D eigenvalue weighted by atomic mass is 10.1. The first kappa shape index (κ1) is 14.3. The maximum atomic E-state index is 13.9. The van der Waals surface area contributed by atoms with E-state index in [1.54, 1.807) is 0 Å². The van der Waals surface area contributed by atoms with E-state index in [4.69, 9.17) is 5.73 Å². The van der Waals surface area contributed by atoms with E-state index in [0.29, 0.717) is 16.3 Å². The molecule has 2 aliphatic carbocycles. The van der Waals surface area contributed by atoms with Crippen LogP contribution < -0.4 is 10.5 Å². The van der Waals surface area contributed by atoms with Gasteiger partial charge in [0.1, 0.15) is 10.7 Å². The summed E-state index contributed by atoms with van der Waals surface area (Å²) in [5.74, 6) is 0.0326. The van der Waals surface area contributed by atoms with Crippen molar-refractivity contribution in [1.82, 2.24) is 4.72 Å². The van der Waals surface area contributed by atoms with Crippen molar-refractivity contribution in [3.05, 3.63) is 22.4 Å². The smallest absolute Gasteiger partial charge is 0.243 e. The summed E-state index contributed by atoms with van der Waals surface area (Å²) in [6, 6.07) is 2.20. The molecule has 20 heavy (non-hydrogen) atoms. The average Bonchev–Trinajstić information content (AvgIpc) is 3.24. The Morgan fingerprint density at radius 3 is 2.30 bits per heavy atom. The van der Waals surface area contributed by atoms with Crippen LogP contribution in [0, 0.1) is 17.7 Å². The molecule has 2 fully saturated rings. The first-order valence-electron chi connectivity index (χ1n) is 6.65. The molecule has 0 saturated heterocycles. The predicted molar refractivity (Wildman–Crippen MR) is 78.1 cm³/mol. The van der Waals surface area contributed by atoms with Gasteiger partial charge in [-0.25, -0.2) is 17.5 Å². The Morgan fingerprint density at radius 2 is 1.80 bits per heavy atom. The first-order chi connectivity index (χ1) is 9.38. The van der Waals surface area contributed by atoms with Gasteiger partial charge in [0.25, 0.3) is 0 Å². The van der Waals surface area contributed by atoms with Crippen molar-refractivity contribution >= 4 is 31.6 Å². The monoisotopic (exact) mass is 362 g/mol. The standard InChI is InChI=1S/C13H16BrFN2O2S/c14-9-5-10(15)12(6-11(9)16)20(18,19)17-13(7-1-2-7)8-3-4-8/h5-8,13,17H,1-4,16H2. The summed E-state index contributed by atoms with van der Waals surface area (Å²) in [6.07, 6.45) is 4.20. The minimum absolute atomic E-state index is 0.0516. The molecule has 0 spiro atoms. The molecule has 0 bridgehead atoms. The molecule has 4 nitrogen and oxygen atoms in total. The lowest BCUT2D eigenvalue weighted by Crippen LogP contribution is -2.38. The number of halogens is 2. The van der Waals surface area contributed by atoms with E-state index >= 15 is 0 Å². The van der Waals surface area contributed by atoms with Gasteiger partial charge in [-0.1, -0.05) is 0 Å². The topological polar surface area (TPSA) is 72.2 Å². The first-order valence-corrected chi connectivity index (χ1v) is 8.93. The highest BCUT2D eigenvalue weighted by atomic mass is 79.9. The fourth-order valence-electron chi connectivity index (χ4n) is 2.48. The van der Waals surface area contributed by atoms with Crippen LogP contribution in [0.2, 0.25) is 0 Å². The van der Waals surface area contributed by atoms with Crippen molar-refractivity contribution in [3.8, 4) is 0 Å². The normalized spacial score (nSPS) is 19.6. The van der Waals surface area contributed by atoms with E-state index in [9.17, 15) is 12.8 Å². The second-order valence-electron chi connectivity index (χ2n) is 5.63. The molecule has 0 aromatic heterocycles. The Bertz CT molecular complexity index is 630. The molecule has 110 valence electrons. The minimum atomic E-state index is -3.87. The van der Waals surface area contributed by atoms with Crippen molar-refractivity contribution in [2.75, 3.05) is 5.73 Å². The highest BCUT2D eigenvalue weighted by molar-refractivity contribution is 9.10. The highest BCUT2D eigenvalue weighted by Crippen LogP contribution is 2.45. The number of nitrogens with two attached hydrogens (primary N) is 1. The second-order valence-corrected chi connectivity index (χ2v) is 8.16. The third kappa shape index (κ3) is 2.84. The van der Waals surface area contributed by atoms with E-state index in [1.165, 1.54) is 6.07 Å². The van der Waals surface area contributed by atoms with Crippen LogP contribution in [0.3, 0.4) is 0 Å². The summed E-state index contributed by atoms with van der Waals surface area (Å²) in [5, 5.41) is 0. The summed E-state index contributed by atoms with van der Waals surface area (Å²) in [4.78, 5) is -0.371. The molecule has 3 N–H and O–H groups in total. The Morgan fingerprint density at radius 1 is 1.25 bits per heavy atom. The zero-order valence-electron chi connectivity index (χ0n) is 10.8. The Balaban J connectivity index is 1.89. The van der Waals surface area contributed by atoms with Crippen LogP contribution in [-0.4, -0.2) is 14.5 Å². The van der Waals surface area contributed by atoms with Gasteiger partial charge in [0, 0.05) is 16.2 Å². The highest BCUT2D eigenvalue weighted by Gasteiger charge is 2.43. The van der Waals surface area contributed by atoms with Crippen molar-refractivity contribution in [2.24, 2.45) is 11.8 Å². The number of anilines is 1. The van der Waals surface area contributed by atoms with Gasteiger partial charge in [0.2, 0.25) is 10.0 Å². The number of nitrogen functional groups attached to an aromatic ring is 1. The molecule has 0 unspecified atom stereocenters. The molecule has 0 radical (unpaired) electrons. The Kier molecular flexibility index (Phi) is 3.54. The van der Waals surface area contributed by atoms with Gasteiger partial charge in [-0.3, -0.25) is 0 Å². The van der Waals surface area contributed by atoms with Crippen molar-refractivity contribution in [2.45, 2.75) is 36.6 Å². The molecule has 2 aliphatic rings. The molecular formula is C13H16BrFN2O2S. The molecule has 0 heterocycles. The molecule has 2 saturated carbocycles. The Labute approximate surface area is 126 Å². The number of nitrogens with one attached hydrogen (secondary N) is 1. The van der Waals surface area contributed by atoms with Gasteiger partial charge < -0.3 is 5.73 Å². The number of hydrogen-bond donors (Lipinski definition) is 2. The van der Waals surface area contributed by atoms with Crippen molar-refractivity contribution in [1.29, 1.82) is 0 Å². The van der Waals surface area contributed by atoms with E-state index in [-0.39, 0.29) is 16.6 Å². The molecular weight excluding hydrogens is 347 g/mol. The van der Waals surface area contributed by atoms with Crippen LogP contribution in [0.4, 0.5) is 10.1 Å². The van der Waals surface area contributed by atoms with Gasteiger partial charge in [0.15, 0.2) is 0 Å². The summed E-state index contributed by atoms with van der Waals surface area (Å²) >= 11 is 3.08. The zero-order chi connectivity index (χ0) is 14.5. The number of rotatable bonds is 5. The van der Waals surface area contributed by atoms with Gasteiger partial charge in [-0.15, -0.1) is 0 Å².